The van der Waals surface area contributed by atoms with Crippen molar-refractivity contribution in [2.75, 3.05) is 17.6 Å². The minimum absolute atomic E-state index is 0.0785. The summed E-state index contributed by atoms with van der Waals surface area (Å²) in [6, 6.07) is 10.2. The number of nitrogens with zero attached hydrogens (tertiary/aromatic N) is 2. The maximum Gasteiger partial charge on any atom is 0.408 e. The van der Waals surface area contributed by atoms with Crippen molar-refractivity contribution < 1.29 is 19.1 Å². The third kappa shape index (κ3) is 8.14. The van der Waals surface area contributed by atoms with Crippen molar-refractivity contribution in [1.29, 1.82) is 5.26 Å². The zero-order valence-corrected chi connectivity index (χ0v) is 23.5. The molecule has 8 nitrogen and oxygen atoms in total. The average Bonchev–Trinajstić information content (AvgIpc) is 2.80. The van der Waals surface area contributed by atoms with Crippen LogP contribution in [0.3, 0.4) is 0 Å². The number of halogens is 1. The molecule has 3 amide bonds. The lowest BCUT2D eigenvalue weighted by molar-refractivity contribution is -0.139. The highest BCUT2D eigenvalue weighted by atomic mass is 35.5. The molecule has 2 atom stereocenters. The number of carbonyl (C=O) groups is 3. The van der Waals surface area contributed by atoms with Gasteiger partial charge in [0.1, 0.15) is 24.2 Å². The smallest absolute Gasteiger partial charge is 0.408 e. The van der Waals surface area contributed by atoms with Gasteiger partial charge in [-0.15, -0.1) is 0 Å². The Labute approximate surface area is 228 Å². The van der Waals surface area contributed by atoms with Gasteiger partial charge in [-0.05, 0) is 69.9 Å². The summed E-state index contributed by atoms with van der Waals surface area (Å²) < 4.78 is 5.27. The molecule has 10 heteroatoms. The molecule has 0 aromatic heterocycles. The lowest BCUT2D eigenvalue weighted by Gasteiger charge is -2.33. The number of hydrogen-bond acceptors (Lipinski definition) is 6. The van der Waals surface area contributed by atoms with E-state index < -0.39 is 42.1 Å². The van der Waals surface area contributed by atoms with Gasteiger partial charge in [-0.3, -0.25) is 9.59 Å². The number of nitrogens with one attached hydrogen (secondary N) is 2. The van der Waals surface area contributed by atoms with E-state index in [9.17, 15) is 19.6 Å². The Morgan fingerprint density at radius 1 is 1.11 bits per heavy atom. The normalized spacial score (nSPS) is 12.6. The second kappa shape index (κ2) is 12.8. The number of benzene rings is 2. The zero-order valence-electron chi connectivity index (χ0n) is 21.9. The minimum Gasteiger partial charge on any atom is -0.444 e. The molecule has 0 aliphatic carbocycles. The predicted octanol–water partition coefficient (Wildman–Crippen LogP) is 5.12. The summed E-state index contributed by atoms with van der Waals surface area (Å²) >= 11 is 10.6. The molecular formula is C27H33ClN4O4S. The Morgan fingerprint density at radius 3 is 2.32 bits per heavy atom. The molecule has 198 valence electrons. The minimum atomic E-state index is -1.19. The van der Waals surface area contributed by atoms with Crippen LogP contribution in [0.4, 0.5) is 10.5 Å². The van der Waals surface area contributed by atoms with E-state index in [1.165, 1.54) is 0 Å². The van der Waals surface area contributed by atoms with E-state index in [2.05, 4.69) is 23.3 Å². The number of nitriles is 1. The number of amides is 3. The van der Waals surface area contributed by atoms with Gasteiger partial charge in [-0.1, -0.05) is 41.9 Å². The molecule has 2 rings (SSSR count). The van der Waals surface area contributed by atoms with Gasteiger partial charge in [0.25, 0.3) is 5.91 Å². The molecule has 0 aliphatic rings. The van der Waals surface area contributed by atoms with Gasteiger partial charge in [0.15, 0.2) is 0 Å². The highest BCUT2D eigenvalue weighted by Gasteiger charge is 2.36. The predicted molar refractivity (Wildman–Crippen MR) is 148 cm³/mol. The van der Waals surface area contributed by atoms with Gasteiger partial charge in [-0.2, -0.15) is 17.9 Å². The Bertz CT molecular complexity index is 1190. The number of hydrogen-bond donors (Lipinski definition) is 3. The molecule has 2 N–H and O–H groups in total. The highest BCUT2D eigenvalue weighted by molar-refractivity contribution is 7.80. The van der Waals surface area contributed by atoms with Crippen LogP contribution < -0.4 is 10.6 Å². The fraction of sp³-hybridized carbons (Fsp3) is 0.407. The number of rotatable bonds is 8. The molecule has 0 spiro atoms. The van der Waals surface area contributed by atoms with Crippen molar-refractivity contribution in [2.45, 2.75) is 59.2 Å². The topological polar surface area (TPSA) is 112 Å². The van der Waals surface area contributed by atoms with Crippen molar-refractivity contribution >= 4 is 47.8 Å². The van der Waals surface area contributed by atoms with E-state index in [-0.39, 0.29) is 5.75 Å². The van der Waals surface area contributed by atoms with Crippen molar-refractivity contribution in [3.05, 3.63) is 63.7 Å². The number of anilines is 1. The summed E-state index contributed by atoms with van der Waals surface area (Å²) in [5.41, 5.74) is 2.77. The summed E-state index contributed by atoms with van der Waals surface area (Å²) in [6.07, 6.45) is -0.810. The van der Waals surface area contributed by atoms with E-state index in [0.29, 0.717) is 16.3 Å². The summed E-state index contributed by atoms with van der Waals surface area (Å²) in [6.45, 7) is 10.3. The third-order valence-corrected chi connectivity index (χ3v) is 6.25. The summed E-state index contributed by atoms with van der Waals surface area (Å²) in [7, 11) is 0. The fourth-order valence-corrected chi connectivity index (χ4v) is 4.11. The lowest BCUT2D eigenvalue weighted by atomic mass is 9.98. The Balaban J connectivity index is 2.53. The van der Waals surface area contributed by atoms with E-state index >= 15 is 0 Å². The first kappa shape index (κ1) is 30.0. The van der Waals surface area contributed by atoms with Crippen LogP contribution in [-0.2, 0) is 14.3 Å². The van der Waals surface area contributed by atoms with E-state index in [1.807, 2.05) is 26.0 Å². The van der Waals surface area contributed by atoms with Gasteiger partial charge in [-0.25, -0.2) is 4.79 Å². The van der Waals surface area contributed by atoms with Crippen LogP contribution in [0.25, 0.3) is 0 Å². The first-order chi connectivity index (χ1) is 17.3. The molecule has 0 heterocycles. The molecule has 0 saturated heterocycles. The van der Waals surface area contributed by atoms with Gasteiger partial charge >= 0.3 is 6.09 Å². The van der Waals surface area contributed by atoms with Gasteiger partial charge in [0.2, 0.25) is 5.91 Å². The van der Waals surface area contributed by atoms with Gasteiger partial charge < -0.3 is 20.3 Å². The fourth-order valence-electron chi connectivity index (χ4n) is 3.60. The Kier molecular flexibility index (Phi) is 10.4. The Hall–Kier alpha value is -3.22. The number of carbonyl (C=O) groups excluding carboxylic acids is 3. The van der Waals surface area contributed by atoms with Crippen LogP contribution >= 0.6 is 24.2 Å². The summed E-state index contributed by atoms with van der Waals surface area (Å²) in [5.74, 6) is -1.29. The van der Waals surface area contributed by atoms with Crippen LogP contribution in [-0.4, -0.2) is 46.7 Å². The number of ether oxygens (including phenoxy) is 1. The molecule has 0 bridgehead atoms. The van der Waals surface area contributed by atoms with Crippen molar-refractivity contribution in [1.82, 2.24) is 10.2 Å². The molecule has 37 heavy (non-hydrogen) atoms. The maximum atomic E-state index is 13.8. The molecule has 0 fully saturated rings. The van der Waals surface area contributed by atoms with E-state index in [1.54, 1.807) is 58.0 Å². The molecule has 2 unspecified atom stereocenters. The van der Waals surface area contributed by atoms with E-state index in [4.69, 9.17) is 16.3 Å². The van der Waals surface area contributed by atoms with Gasteiger partial charge in [0, 0.05) is 5.75 Å². The quantitative estimate of drug-likeness (QED) is 0.315. The van der Waals surface area contributed by atoms with Crippen LogP contribution in [0, 0.1) is 32.1 Å². The molecule has 2 aromatic rings. The monoisotopic (exact) mass is 544 g/mol. The second-order valence-corrected chi connectivity index (χ2v) is 10.4. The van der Waals surface area contributed by atoms with E-state index in [0.717, 1.165) is 21.6 Å². The first-order valence-electron chi connectivity index (χ1n) is 11.7. The number of thiol groups is 1. The maximum absolute atomic E-state index is 13.8. The molecule has 2 aromatic carbocycles. The third-order valence-electron chi connectivity index (χ3n) is 5.57. The second-order valence-electron chi connectivity index (χ2n) is 9.67. The molecule has 0 aliphatic heterocycles. The van der Waals surface area contributed by atoms with Crippen molar-refractivity contribution in [3.63, 3.8) is 0 Å². The first-order valence-corrected chi connectivity index (χ1v) is 12.7. The average molecular weight is 545 g/mol. The molecular weight excluding hydrogens is 512 g/mol. The molecule has 0 radical (unpaired) electrons. The van der Waals surface area contributed by atoms with Crippen molar-refractivity contribution in [2.24, 2.45) is 0 Å². The number of para-hydroxylation sites is 1. The Morgan fingerprint density at radius 2 is 1.78 bits per heavy atom. The summed E-state index contributed by atoms with van der Waals surface area (Å²) in [4.78, 5) is 40.9. The van der Waals surface area contributed by atoms with Crippen LogP contribution in [0.15, 0.2) is 36.4 Å². The lowest BCUT2D eigenvalue weighted by Crippen LogP contribution is -2.53. The van der Waals surface area contributed by atoms with Crippen LogP contribution in [0.1, 0.15) is 49.1 Å². The zero-order chi connectivity index (χ0) is 27.9. The standard InChI is InChI=1S/C27H33ClN4O4S/c1-16-10-11-19(14-18(16)3)23(24(33)31-22-17(2)8-7-9-20(22)28)32(13-12-29)25(34)21(15-37)30-26(35)36-27(4,5)6/h7-11,14,21,23,37H,13,15H2,1-6H3,(H,30,35)(H,31,33). The van der Waals surface area contributed by atoms with Crippen LogP contribution in [0.2, 0.25) is 5.02 Å². The summed E-state index contributed by atoms with van der Waals surface area (Å²) in [5, 5.41) is 15.3. The largest absolute Gasteiger partial charge is 0.444 e. The van der Waals surface area contributed by atoms with Crippen LogP contribution in [0.5, 0.6) is 0 Å². The molecule has 0 saturated carbocycles. The van der Waals surface area contributed by atoms with Crippen molar-refractivity contribution in [3.8, 4) is 6.07 Å². The number of alkyl carbamates (subject to hydrolysis) is 1. The van der Waals surface area contributed by atoms with Gasteiger partial charge in [0.05, 0.1) is 16.8 Å². The number of aryl methyl sites for hydroxylation is 3. The SMILES string of the molecule is Cc1ccc(C(C(=O)Nc2c(C)cccc2Cl)N(CC#N)C(=O)C(CS)NC(=O)OC(C)(C)C)cc1C. The highest BCUT2D eigenvalue weighted by Crippen LogP contribution is 2.30.